The van der Waals surface area contributed by atoms with Crippen molar-refractivity contribution < 1.29 is 9.53 Å². The number of hydrogen-bond donors (Lipinski definition) is 2. The van der Waals surface area contributed by atoms with Crippen LogP contribution in [0.25, 0.3) is 0 Å². The summed E-state index contributed by atoms with van der Waals surface area (Å²) in [6.07, 6.45) is 0. The average molecular weight is 395 g/mol. The Morgan fingerprint density at radius 1 is 1.14 bits per heavy atom. The number of thioether (sulfide) groups is 1. The highest BCUT2D eigenvalue weighted by atomic mass is 32.2. The van der Waals surface area contributed by atoms with E-state index in [9.17, 15) is 9.59 Å². The molecule has 0 aliphatic rings. The topological polar surface area (TPSA) is 84.1 Å². The monoisotopic (exact) mass is 395 g/mol. The summed E-state index contributed by atoms with van der Waals surface area (Å²) in [6.45, 7) is 4.13. The third-order valence-corrected chi connectivity index (χ3v) is 4.77. The van der Waals surface area contributed by atoms with E-state index in [1.165, 1.54) is 17.8 Å². The molecule has 3 rings (SSSR count). The Hall–Kier alpha value is -3.06. The fraction of sp³-hybridized carbons (Fsp3) is 0.190. The number of aryl methyl sites for hydroxylation is 2. The van der Waals surface area contributed by atoms with Crippen molar-refractivity contribution in [2.75, 3.05) is 11.1 Å². The van der Waals surface area contributed by atoms with Gasteiger partial charge in [0.1, 0.15) is 12.4 Å². The number of benzene rings is 2. The van der Waals surface area contributed by atoms with E-state index in [4.69, 9.17) is 4.74 Å². The lowest BCUT2D eigenvalue weighted by Gasteiger charge is -2.09. The maximum Gasteiger partial charge on any atom is 0.251 e. The van der Waals surface area contributed by atoms with E-state index in [0.29, 0.717) is 16.6 Å². The van der Waals surface area contributed by atoms with E-state index in [-0.39, 0.29) is 23.8 Å². The summed E-state index contributed by atoms with van der Waals surface area (Å²) < 4.78 is 5.63. The van der Waals surface area contributed by atoms with Crippen molar-refractivity contribution in [2.24, 2.45) is 0 Å². The molecule has 0 unspecified atom stereocenters. The number of carbonyl (C=O) groups is 1. The first-order chi connectivity index (χ1) is 13.5. The molecule has 0 aliphatic carbocycles. The van der Waals surface area contributed by atoms with E-state index in [1.807, 2.05) is 62.4 Å². The van der Waals surface area contributed by atoms with Crippen molar-refractivity contribution in [1.29, 1.82) is 0 Å². The normalized spacial score (nSPS) is 10.5. The lowest BCUT2D eigenvalue weighted by molar-refractivity contribution is -0.113. The molecule has 0 saturated heterocycles. The van der Waals surface area contributed by atoms with Gasteiger partial charge in [-0.25, -0.2) is 4.98 Å². The zero-order valence-corrected chi connectivity index (χ0v) is 16.5. The Kier molecular flexibility index (Phi) is 6.49. The van der Waals surface area contributed by atoms with E-state index in [0.717, 1.165) is 16.8 Å². The van der Waals surface area contributed by atoms with Crippen LogP contribution in [0.5, 0.6) is 5.75 Å². The summed E-state index contributed by atoms with van der Waals surface area (Å²) in [4.78, 5) is 31.1. The van der Waals surface area contributed by atoms with Crippen molar-refractivity contribution in [3.05, 3.63) is 81.8 Å². The maximum atomic E-state index is 12.2. The van der Waals surface area contributed by atoms with Gasteiger partial charge >= 0.3 is 0 Å². The second-order valence-electron chi connectivity index (χ2n) is 6.30. The number of H-pyrrole nitrogens is 1. The van der Waals surface area contributed by atoms with Gasteiger partial charge in [0.2, 0.25) is 5.91 Å². The van der Waals surface area contributed by atoms with Crippen LogP contribution in [-0.2, 0) is 11.4 Å². The first-order valence-electron chi connectivity index (χ1n) is 8.77. The summed E-state index contributed by atoms with van der Waals surface area (Å²) >= 11 is 1.17. The largest absolute Gasteiger partial charge is 0.487 e. The molecule has 1 heterocycles. The molecule has 2 N–H and O–H groups in total. The first-order valence-corrected chi connectivity index (χ1v) is 9.76. The van der Waals surface area contributed by atoms with Crippen LogP contribution in [0.1, 0.15) is 16.8 Å². The summed E-state index contributed by atoms with van der Waals surface area (Å²) in [7, 11) is 0. The molecule has 0 radical (unpaired) electrons. The highest BCUT2D eigenvalue weighted by molar-refractivity contribution is 7.99. The van der Waals surface area contributed by atoms with Crippen LogP contribution in [0.3, 0.4) is 0 Å². The second-order valence-corrected chi connectivity index (χ2v) is 7.26. The van der Waals surface area contributed by atoms with Gasteiger partial charge in [-0.15, -0.1) is 0 Å². The van der Waals surface area contributed by atoms with Crippen LogP contribution in [0.15, 0.2) is 64.5 Å². The Bertz CT molecular complexity index is 1020. The van der Waals surface area contributed by atoms with Crippen molar-refractivity contribution >= 4 is 23.4 Å². The molecule has 6 nitrogen and oxygen atoms in total. The molecule has 0 spiro atoms. The van der Waals surface area contributed by atoms with Gasteiger partial charge in [-0.2, -0.15) is 0 Å². The third-order valence-electron chi connectivity index (χ3n) is 3.90. The van der Waals surface area contributed by atoms with Gasteiger partial charge in [0.05, 0.1) is 11.4 Å². The molecular weight excluding hydrogens is 374 g/mol. The summed E-state index contributed by atoms with van der Waals surface area (Å²) in [5.41, 5.74) is 3.15. The number of aromatic nitrogens is 2. The number of nitrogens with one attached hydrogen (secondary N) is 2. The number of anilines is 1. The van der Waals surface area contributed by atoms with Gasteiger partial charge in [-0.1, -0.05) is 47.7 Å². The molecule has 2 aromatic carbocycles. The van der Waals surface area contributed by atoms with Crippen molar-refractivity contribution in [1.82, 2.24) is 9.97 Å². The van der Waals surface area contributed by atoms with Crippen molar-refractivity contribution in [2.45, 2.75) is 25.6 Å². The Morgan fingerprint density at radius 2 is 1.93 bits per heavy atom. The number of para-hydroxylation sites is 1. The van der Waals surface area contributed by atoms with E-state index < -0.39 is 0 Å². The maximum absolute atomic E-state index is 12.2. The van der Waals surface area contributed by atoms with Crippen LogP contribution in [0.4, 0.5) is 5.69 Å². The Morgan fingerprint density at radius 3 is 2.68 bits per heavy atom. The predicted octanol–water partition coefficient (Wildman–Crippen LogP) is 3.70. The molecule has 3 aromatic rings. The highest BCUT2D eigenvalue weighted by Crippen LogP contribution is 2.18. The number of carbonyl (C=O) groups excluding carboxylic acids is 1. The van der Waals surface area contributed by atoms with Crippen LogP contribution in [0, 0.1) is 13.8 Å². The van der Waals surface area contributed by atoms with Gasteiger partial charge in [0.15, 0.2) is 5.16 Å². The lowest BCUT2D eigenvalue weighted by atomic mass is 10.1. The van der Waals surface area contributed by atoms with Gasteiger partial charge < -0.3 is 15.0 Å². The molecule has 0 atom stereocenters. The molecule has 144 valence electrons. The smallest absolute Gasteiger partial charge is 0.251 e. The van der Waals surface area contributed by atoms with Crippen LogP contribution in [-0.4, -0.2) is 21.6 Å². The highest BCUT2D eigenvalue weighted by Gasteiger charge is 2.09. The fourth-order valence-corrected chi connectivity index (χ4v) is 3.27. The predicted molar refractivity (Wildman–Crippen MR) is 111 cm³/mol. The molecule has 7 heteroatoms. The van der Waals surface area contributed by atoms with Crippen LogP contribution >= 0.6 is 11.8 Å². The molecule has 0 saturated carbocycles. The molecule has 0 fully saturated rings. The molecule has 1 amide bonds. The number of aromatic amines is 1. The molecule has 0 aliphatic heterocycles. The van der Waals surface area contributed by atoms with E-state index >= 15 is 0 Å². The fourth-order valence-electron chi connectivity index (χ4n) is 2.57. The van der Waals surface area contributed by atoms with Gasteiger partial charge in [-0.3, -0.25) is 9.59 Å². The third kappa shape index (κ3) is 5.72. The van der Waals surface area contributed by atoms with Gasteiger partial charge in [-0.05, 0) is 37.6 Å². The van der Waals surface area contributed by atoms with Gasteiger partial charge in [0.25, 0.3) is 5.56 Å². The van der Waals surface area contributed by atoms with Crippen molar-refractivity contribution in [3.63, 3.8) is 0 Å². The minimum Gasteiger partial charge on any atom is -0.487 e. The lowest BCUT2D eigenvalue weighted by Crippen LogP contribution is -2.16. The van der Waals surface area contributed by atoms with Crippen molar-refractivity contribution in [3.8, 4) is 5.75 Å². The van der Waals surface area contributed by atoms with E-state index in [2.05, 4.69) is 15.3 Å². The molecule has 0 bridgehead atoms. The standard InChI is InChI=1S/C21H21N3O3S/c1-14-8-9-18(15(2)10-14)23-20(26)13-28-21-22-16(11-19(25)24-21)12-27-17-6-4-3-5-7-17/h3-11H,12-13H2,1-2H3,(H,23,26)(H,22,24,25). The number of amides is 1. The SMILES string of the molecule is Cc1ccc(NC(=O)CSc2nc(COc3ccccc3)cc(=O)[nH]2)c(C)c1. The summed E-state index contributed by atoms with van der Waals surface area (Å²) in [6, 6.07) is 16.5. The molecule has 1 aromatic heterocycles. The first kappa shape index (κ1) is 19.7. The van der Waals surface area contributed by atoms with Gasteiger partial charge in [0, 0.05) is 11.8 Å². The number of hydrogen-bond acceptors (Lipinski definition) is 5. The number of rotatable bonds is 7. The zero-order valence-electron chi connectivity index (χ0n) is 15.7. The Balaban J connectivity index is 1.58. The van der Waals surface area contributed by atoms with E-state index in [1.54, 1.807) is 0 Å². The van der Waals surface area contributed by atoms with Crippen LogP contribution < -0.4 is 15.6 Å². The molecule has 28 heavy (non-hydrogen) atoms. The minimum atomic E-state index is -0.279. The number of ether oxygens (including phenoxy) is 1. The van der Waals surface area contributed by atoms with Crippen LogP contribution in [0.2, 0.25) is 0 Å². The summed E-state index contributed by atoms with van der Waals surface area (Å²) in [5.74, 6) is 0.677. The quantitative estimate of drug-likeness (QED) is 0.471. The Labute approximate surface area is 167 Å². The minimum absolute atomic E-state index is 0.138. The zero-order chi connectivity index (χ0) is 19.9. The summed E-state index contributed by atoms with van der Waals surface area (Å²) in [5, 5.41) is 3.26. The average Bonchev–Trinajstić information content (AvgIpc) is 2.67. The second kappa shape index (κ2) is 9.23. The molecular formula is C21H21N3O3S. The number of nitrogens with zero attached hydrogens (tertiary/aromatic N) is 1.